The zero-order valence-corrected chi connectivity index (χ0v) is 10.6. The van der Waals surface area contributed by atoms with Crippen LogP contribution in [0.2, 0.25) is 5.02 Å². The zero-order valence-electron chi connectivity index (χ0n) is 9.79. The van der Waals surface area contributed by atoms with Crippen molar-refractivity contribution >= 4 is 11.6 Å². The molecule has 0 amide bonds. The van der Waals surface area contributed by atoms with Crippen molar-refractivity contribution in [1.29, 1.82) is 0 Å². The number of halogens is 1. The van der Waals surface area contributed by atoms with Gasteiger partial charge in [-0.15, -0.1) is 0 Å². The van der Waals surface area contributed by atoms with Gasteiger partial charge in [-0.2, -0.15) is 0 Å². The molecule has 0 saturated heterocycles. The molecule has 0 spiro atoms. The van der Waals surface area contributed by atoms with Gasteiger partial charge in [0.2, 0.25) is 0 Å². The number of nitrogens with one attached hydrogen (secondary N) is 1. The Kier molecular flexibility index (Phi) is 3.72. The maximum Gasteiger partial charge on any atom is 0.142 e. The molecule has 1 aromatic rings. The van der Waals surface area contributed by atoms with Crippen LogP contribution in [0.3, 0.4) is 0 Å². The van der Waals surface area contributed by atoms with Gasteiger partial charge in [0.05, 0.1) is 11.6 Å². The smallest absolute Gasteiger partial charge is 0.142 e. The summed E-state index contributed by atoms with van der Waals surface area (Å²) in [7, 11) is 0. The number of rotatable bonds is 3. The van der Waals surface area contributed by atoms with Crippen molar-refractivity contribution < 1.29 is 4.74 Å². The van der Waals surface area contributed by atoms with Crippen LogP contribution in [0.4, 0.5) is 0 Å². The zero-order chi connectivity index (χ0) is 11.5. The predicted octanol–water partition coefficient (Wildman–Crippen LogP) is 3.55. The number of para-hydroxylation sites is 1. The topological polar surface area (TPSA) is 21.3 Å². The standard InChI is InChI=1S/C13H18ClNO/c1-3-9(2)15-12-7-8-16-13-10(12)5-4-6-11(13)14/h4-6,9,12,15H,3,7-8H2,1-2H3. The van der Waals surface area contributed by atoms with Gasteiger partial charge in [-0.05, 0) is 19.4 Å². The summed E-state index contributed by atoms with van der Waals surface area (Å²) in [6, 6.07) is 6.86. The summed E-state index contributed by atoms with van der Waals surface area (Å²) in [5, 5.41) is 4.33. The summed E-state index contributed by atoms with van der Waals surface area (Å²) in [6.45, 7) is 5.14. The lowest BCUT2D eigenvalue weighted by Gasteiger charge is -2.29. The fourth-order valence-electron chi connectivity index (χ4n) is 2.02. The first-order valence-electron chi connectivity index (χ1n) is 5.89. The second-order valence-corrected chi connectivity index (χ2v) is 4.73. The molecule has 1 aliphatic rings. The minimum atomic E-state index is 0.373. The summed E-state index contributed by atoms with van der Waals surface area (Å²) >= 11 is 6.13. The van der Waals surface area contributed by atoms with Gasteiger partial charge in [0.1, 0.15) is 5.75 Å². The third-order valence-electron chi connectivity index (χ3n) is 3.12. The normalized spacial score (nSPS) is 21.1. The molecule has 88 valence electrons. The highest BCUT2D eigenvalue weighted by molar-refractivity contribution is 6.32. The molecule has 2 unspecified atom stereocenters. The van der Waals surface area contributed by atoms with Crippen LogP contribution in [0.25, 0.3) is 0 Å². The third kappa shape index (κ3) is 2.33. The van der Waals surface area contributed by atoms with Gasteiger partial charge in [-0.3, -0.25) is 0 Å². The monoisotopic (exact) mass is 239 g/mol. The molecule has 1 aromatic carbocycles. The van der Waals surface area contributed by atoms with Gasteiger partial charge < -0.3 is 10.1 Å². The van der Waals surface area contributed by atoms with Crippen LogP contribution in [-0.2, 0) is 0 Å². The first-order valence-corrected chi connectivity index (χ1v) is 6.27. The molecule has 1 heterocycles. The van der Waals surface area contributed by atoms with Crippen LogP contribution in [0.5, 0.6) is 5.75 Å². The SMILES string of the molecule is CCC(C)NC1CCOc2c(Cl)cccc21. The number of fused-ring (bicyclic) bond motifs is 1. The Labute approximate surface area is 102 Å². The first kappa shape index (κ1) is 11.7. The van der Waals surface area contributed by atoms with Crippen LogP contribution in [0, 0.1) is 0 Å². The molecule has 0 fully saturated rings. The Morgan fingerprint density at radius 2 is 2.38 bits per heavy atom. The highest BCUT2D eigenvalue weighted by Crippen LogP contribution is 2.37. The molecule has 0 aromatic heterocycles. The van der Waals surface area contributed by atoms with E-state index in [9.17, 15) is 0 Å². The fourth-order valence-corrected chi connectivity index (χ4v) is 2.26. The first-order chi connectivity index (χ1) is 7.72. The van der Waals surface area contributed by atoms with Crippen LogP contribution >= 0.6 is 11.6 Å². The Bertz CT molecular complexity index is 367. The van der Waals surface area contributed by atoms with Gasteiger partial charge in [-0.1, -0.05) is 30.7 Å². The van der Waals surface area contributed by atoms with Crippen LogP contribution in [0.15, 0.2) is 18.2 Å². The highest BCUT2D eigenvalue weighted by atomic mass is 35.5. The minimum Gasteiger partial charge on any atom is -0.492 e. The molecule has 3 heteroatoms. The molecule has 1 N–H and O–H groups in total. The second kappa shape index (κ2) is 5.07. The quantitative estimate of drug-likeness (QED) is 0.871. The fraction of sp³-hybridized carbons (Fsp3) is 0.538. The van der Waals surface area contributed by atoms with E-state index in [0.717, 1.165) is 25.2 Å². The van der Waals surface area contributed by atoms with Crippen molar-refractivity contribution in [1.82, 2.24) is 5.32 Å². The summed E-state index contributed by atoms with van der Waals surface area (Å²) < 4.78 is 5.63. The third-order valence-corrected chi connectivity index (χ3v) is 3.42. The summed E-state index contributed by atoms with van der Waals surface area (Å²) in [6.07, 6.45) is 2.14. The van der Waals surface area contributed by atoms with E-state index < -0.39 is 0 Å². The maximum absolute atomic E-state index is 6.13. The van der Waals surface area contributed by atoms with Crippen molar-refractivity contribution in [3.8, 4) is 5.75 Å². The predicted molar refractivity (Wildman–Crippen MR) is 67.2 cm³/mol. The molecule has 0 bridgehead atoms. The minimum absolute atomic E-state index is 0.373. The molecule has 0 radical (unpaired) electrons. The molecule has 16 heavy (non-hydrogen) atoms. The summed E-state index contributed by atoms with van der Waals surface area (Å²) in [5.41, 5.74) is 1.19. The average Bonchev–Trinajstić information content (AvgIpc) is 2.30. The number of benzene rings is 1. The lowest BCUT2D eigenvalue weighted by atomic mass is 9.99. The maximum atomic E-state index is 6.13. The van der Waals surface area contributed by atoms with E-state index in [1.54, 1.807) is 0 Å². The molecule has 2 nitrogen and oxygen atoms in total. The molecular formula is C13H18ClNO. The largest absolute Gasteiger partial charge is 0.492 e. The average molecular weight is 240 g/mol. The molecule has 2 atom stereocenters. The highest BCUT2D eigenvalue weighted by Gasteiger charge is 2.23. The van der Waals surface area contributed by atoms with E-state index in [2.05, 4.69) is 25.2 Å². The van der Waals surface area contributed by atoms with E-state index in [-0.39, 0.29) is 0 Å². The van der Waals surface area contributed by atoms with Gasteiger partial charge in [0.25, 0.3) is 0 Å². The van der Waals surface area contributed by atoms with Gasteiger partial charge in [0, 0.05) is 24.1 Å². The van der Waals surface area contributed by atoms with Crippen molar-refractivity contribution in [2.24, 2.45) is 0 Å². The lowest BCUT2D eigenvalue weighted by Crippen LogP contribution is -2.33. The second-order valence-electron chi connectivity index (χ2n) is 4.32. The van der Waals surface area contributed by atoms with Gasteiger partial charge in [0.15, 0.2) is 0 Å². The Morgan fingerprint density at radius 1 is 1.56 bits per heavy atom. The van der Waals surface area contributed by atoms with E-state index in [1.165, 1.54) is 5.56 Å². The van der Waals surface area contributed by atoms with Crippen molar-refractivity contribution in [2.45, 2.75) is 38.8 Å². The van der Waals surface area contributed by atoms with E-state index in [0.29, 0.717) is 17.1 Å². The molecular weight excluding hydrogens is 222 g/mol. The summed E-state index contributed by atoms with van der Waals surface area (Å²) in [5.74, 6) is 0.858. The van der Waals surface area contributed by atoms with Gasteiger partial charge in [-0.25, -0.2) is 0 Å². The Hall–Kier alpha value is -0.730. The number of ether oxygens (including phenoxy) is 1. The Morgan fingerprint density at radius 3 is 3.12 bits per heavy atom. The van der Waals surface area contributed by atoms with Crippen molar-refractivity contribution in [3.05, 3.63) is 28.8 Å². The van der Waals surface area contributed by atoms with Gasteiger partial charge >= 0.3 is 0 Å². The van der Waals surface area contributed by atoms with Crippen molar-refractivity contribution in [2.75, 3.05) is 6.61 Å². The molecule has 1 aliphatic heterocycles. The molecule has 0 aliphatic carbocycles. The van der Waals surface area contributed by atoms with Crippen LogP contribution in [0.1, 0.15) is 38.3 Å². The number of hydrogen-bond donors (Lipinski definition) is 1. The van der Waals surface area contributed by atoms with E-state index in [1.807, 2.05) is 12.1 Å². The van der Waals surface area contributed by atoms with Crippen molar-refractivity contribution in [3.63, 3.8) is 0 Å². The Balaban J connectivity index is 2.23. The van der Waals surface area contributed by atoms with Crippen LogP contribution in [-0.4, -0.2) is 12.6 Å². The number of hydrogen-bond acceptors (Lipinski definition) is 2. The summed E-state index contributed by atoms with van der Waals surface area (Å²) in [4.78, 5) is 0. The lowest BCUT2D eigenvalue weighted by molar-refractivity contribution is 0.245. The van der Waals surface area contributed by atoms with E-state index in [4.69, 9.17) is 16.3 Å². The van der Waals surface area contributed by atoms with Crippen LogP contribution < -0.4 is 10.1 Å². The van der Waals surface area contributed by atoms with E-state index >= 15 is 0 Å². The molecule has 0 saturated carbocycles. The molecule has 2 rings (SSSR count).